The second kappa shape index (κ2) is 7.29. The van der Waals surface area contributed by atoms with Crippen molar-refractivity contribution in [1.29, 1.82) is 0 Å². The molecule has 16 heavy (non-hydrogen) atoms. The quantitative estimate of drug-likeness (QED) is 0.681. The lowest BCUT2D eigenvalue weighted by atomic mass is 10.1. The second-order valence-electron chi connectivity index (χ2n) is 4.22. The molecule has 1 atom stereocenters. The molecule has 1 rings (SSSR count). The van der Waals surface area contributed by atoms with Crippen LogP contribution in [0.25, 0.3) is 0 Å². The van der Waals surface area contributed by atoms with Crippen molar-refractivity contribution in [2.24, 2.45) is 0 Å². The predicted molar refractivity (Wildman–Crippen MR) is 69.1 cm³/mol. The van der Waals surface area contributed by atoms with E-state index in [1.54, 1.807) is 0 Å². The minimum absolute atomic E-state index is 0.352. The molecule has 90 valence electrons. The van der Waals surface area contributed by atoms with Gasteiger partial charge in [-0.2, -0.15) is 0 Å². The molecule has 1 aliphatic heterocycles. The van der Waals surface area contributed by atoms with Crippen molar-refractivity contribution in [1.82, 2.24) is 4.90 Å². The topological polar surface area (TPSA) is 12.5 Å². The van der Waals surface area contributed by atoms with Crippen molar-refractivity contribution in [2.75, 3.05) is 13.7 Å². The van der Waals surface area contributed by atoms with Crippen LogP contribution in [0.5, 0.6) is 0 Å². The Morgan fingerprint density at radius 3 is 2.88 bits per heavy atom. The number of allylic oxidation sites excluding steroid dienone is 5. The third-order valence-corrected chi connectivity index (χ3v) is 2.69. The van der Waals surface area contributed by atoms with E-state index in [2.05, 4.69) is 56.3 Å². The van der Waals surface area contributed by atoms with Crippen LogP contribution in [0.4, 0.5) is 0 Å². The third kappa shape index (κ3) is 4.67. The lowest BCUT2D eigenvalue weighted by Crippen LogP contribution is -2.14. The highest BCUT2D eigenvalue weighted by Crippen LogP contribution is 2.15. The Balaban J connectivity index is 2.33. The molecule has 1 unspecified atom stereocenters. The van der Waals surface area contributed by atoms with Gasteiger partial charge in [0.15, 0.2) is 0 Å². The van der Waals surface area contributed by atoms with Gasteiger partial charge >= 0.3 is 0 Å². The summed E-state index contributed by atoms with van der Waals surface area (Å²) in [6.45, 7) is 5.17. The van der Waals surface area contributed by atoms with Gasteiger partial charge in [-0.05, 0) is 38.3 Å². The first kappa shape index (κ1) is 13.0. The van der Waals surface area contributed by atoms with Crippen LogP contribution in [0.3, 0.4) is 0 Å². The highest BCUT2D eigenvalue weighted by Gasteiger charge is 2.06. The zero-order valence-corrected chi connectivity index (χ0v) is 10.6. The van der Waals surface area contributed by atoms with Crippen molar-refractivity contribution in [2.45, 2.75) is 39.2 Å². The minimum Gasteiger partial charge on any atom is -0.379 e. The molecule has 0 fully saturated rings. The molecule has 0 N–H and O–H groups in total. The van der Waals surface area contributed by atoms with E-state index in [0.717, 1.165) is 25.9 Å². The standard InChI is InChI=1S/C14H23NO/c1-4-12-16-13(2)9-10-14-8-6-5-7-11-15(14)3/h5-8,11,13H,4,9-10,12H2,1-3H3. The maximum atomic E-state index is 5.67. The third-order valence-electron chi connectivity index (χ3n) is 2.69. The number of nitrogens with zero attached hydrogens (tertiary/aromatic N) is 1. The zero-order valence-electron chi connectivity index (χ0n) is 10.6. The summed E-state index contributed by atoms with van der Waals surface area (Å²) in [5.74, 6) is 0. The molecule has 2 heteroatoms. The minimum atomic E-state index is 0.352. The number of rotatable bonds is 6. The van der Waals surface area contributed by atoms with E-state index in [-0.39, 0.29) is 0 Å². The normalized spacial score (nSPS) is 17.2. The van der Waals surface area contributed by atoms with Crippen LogP contribution in [-0.4, -0.2) is 24.7 Å². The van der Waals surface area contributed by atoms with Crippen molar-refractivity contribution >= 4 is 0 Å². The van der Waals surface area contributed by atoms with Gasteiger partial charge in [-0.25, -0.2) is 0 Å². The SMILES string of the molecule is CCCOC(C)CCC1=CC=CC=CN1C. The first-order chi connectivity index (χ1) is 7.74. The number of hydrogen-bond acceptors (Lipinski definition) is 2. The van der Waals surface area contributed by atoms with Gasteiger partial charge in [-0.3, -0.25) is 0 Å². The molecule has 0 saturated heterocycles. The Morgan fingerprint density at radius 1 is 1.31 bits per heavy atom. The monoisotopic (exact) mass is 221 g/mol. The largest absolute Gasteiger partial charge is 0.379 e. The van der Waals surface area contributed by atoms with Crippen molar-refractivity contribution in [3.63, 3.8) is 0 Å². The van der Waals surface area contributed by atoms with Crippen LogP contribution in [0, 0.1) is 0 Å². The molecule has 0 aromatic carbocycles. The molecule has 0 saturated carbocycles. The van der Waals surface area contributed by atoms with Gasteiger partial charge in [0, 0.05) is 25.6 Å². The van der Waals surface area contributed by atoms with E-state index in [4.69, 9.17) is 4.74 Å². The summed E-state index contributed by atoms with van der Waals surface area (Å²) in [7, 11) is 2.09. The van der Waals surface area contributed by atoms with Crippen molar-refractivity contribution in [3.8, 4) is 0 Å². The predicted octanol–water partition coefficient (Wildman–Crippen LogP) is 3.48. The molecule has 0 bridgehead atoms. The van der Waals surface area contributed by atoms with Gasteiger partial charge in [-0.15, -0.1) is 0 Å². The van der Waals surface area contributed by atoms with E-state index in [1.165, 1.54) is 5.70 Å². The molecule has 0 radical (unpaired) electrons. The molecule has 0 amide bonds. The first-order valence-corrected chi connectivity index (χ1v) is 6.12. The van der Waals surface area contributed by atoms with Gasteiger partial charge in [0.05, 0.1) is 6.10 Å². The molecule has 0 spiro atoms. The molecule has 1 aliphatic rings. The van der Waals surface area contributed by atoms with Gasteiger partial charge < -0.3 is 9.64 Å². The van der Waals surface area contributed by atoms with Gasteiger partial charge in [0.2, 0.25) is 0 Å². The Bertz CT molecular complexity index is 278. The molecular weight excluding hydrogens is 198 g/mol. The molecule has 0 aliphatic carbocycles. The van der Waals surface area contributed by atoms with E-state index in [0.29, 0.717) is 6.10 Å². The van der Waals surface area contributed by atoms with Crippen molar-refractivity contribution in [3.05, 3.63) is 36.2 Å². The van der Waals surface area contributed by atoms with E-state index < -0.39 is 0 Å². The van der Waals surface area contributed by atoms with E-state index in [9.17, 15) is 0 Å². The Morgan fingerprint density at radius 2 is 2.12 bits per heavy atom. The molecular formula is C14H23NO. The van der Waals surface area contributed by atoms with Crippen LogP contribution in [0.1, 0.15) is 33.1 Å². The van der Waals surface area contributed by atoms with Crippen molar-refractivity contribution < 1.29 is 4.74 Å². The fraction of sp³-hybridized carbons (Fsp3) is 0.571. The summed E-state index contributed by atoms with van der Waals surface area (Å²) in [6, 6.07) is 0. The Hall–Kier alpha value is -1.02. The Kier molecular flexibility index (Phi) is 5.94. The summed E-state index contributed by atoms with van der Waals surface area (Å²) in [6.07, 6.45) is 14.1. The van der Waals surface area contributed by atoms with Crippen LogP contribution in [0.15, 0.2) is 36.2 Å². The maximum absolute atomic E-state index is 5.67. The average Bonchev–Trinajstić information content (AvgIpc) is 2.48. The molecule has 1 heterocycles. The van der Waals surface area contributed by atoms with Gasteiger partial charge in [0.1, 0.15) is 0 Å². The summed E-state index contributed by atoms with van der Waals surface area (Å²) in [5.41, 5.74) is 1.34. The van der Waals surface area contributed by atoms with Gasteiger partial charge in [-0.1, -0.05) is 19.1 Å². The molecule has 0 aromatic rings. The average molecular weight is 221 g/mol. The molecule has 0 aromatic heterocycles. The fourth-order valence-corrected chi connectivity index (χ4v) is 1.64. The highest BCUT2D eigenvalue weighted by molar-refractivity contribution is 5.21. The maximum Gasteiger partial charge on any atom is 0.0550 e. The lowest BCUT2D eigenvalue weighted by Gasteiger charge is -2.19. The fourth-order valence-electron chi connectivity index (χ4n) is 1.64. The van der Waals surface area contributed by atoms with Crippen LogP contribution in [0.2, 0.25) is 0 Å². The van der Waals surface area contributed by atoms with Gasteiger partial charge in [0.25, 0.3) is 0 Å². The first-order valence-electron chi connectivity index (χ1n) is 6.12. The number of ether oxygens (including phenoxy) is 1. The summed E-state index contributed by atoms with van der Waals surface area (Å²) in [4.78, 5) is 2.17. The van der Waals surface area contributed by atoms with Crippen LogP contribution < -0.4 is 0 Å². The number of hydrogen-bond donors (Lipinski definition) is 0. The smallest absolute Gasteiger partial charge is 0.0550 e. The van der Waals surface area contributed by atoms with E-state index in [1.807, 2.05) is 0 Å². The summed E-state index contributed by atoms with van der Waals surface area (Å²) >= 11 is 0. The Labute approximate surface area is 99.3 Å². The molecule has 2 nitrogen and oxygen atoms in total. The van der Waals surface area contributed by atoms with Crippen LogP contribution >= 0.6 is 0 Å². The zero-order chi connectivity index (χ0) is 11.8. The summed E-state index contributed by atoms with van der Waals surface area (Å²) in [5, 5.41) is 0. The van der Waals surface area contributed by atoms with E-state index >= 15 is 0 Å². The second-order valence-corrected chi connectivity index (χ2v) is 4.22. The highest BCUT2D eigenvalue weighted by atomic mass is 16.5. The van der Waals surface area contributed by atoms with Crippen LogP contribution in [-0.2, 0) is 4.74 Å². The summed E-state index contributed by atoms with van der Waals surface area (Å²) < 4.78 is 5.67. The lowest BCUT2D eigenvalue weighted by molar-refractivity contribution is 0.0602.